The number of pyridine rings is 1. The van der Waals surface area contributed by atoms with Crippen LogP contribution in [-0.4, -0.2) is 33.8 Å². The molecule has 0 bridgehead atoms. The molecule has 0 radical (unpaired) electrons. The van der Waals surface area contributed by atoms with Crippen LogP contribution < -0.4 is 5.56 Å². The number of ether oxygens (including phenoxy) is 1. The van der Waals surface area contributed by atoms with E-state index >= 15 is 0 Å². The fraction of sp³-hybridized carbons (Fsp3) is 0.231. The topological polar surface area (TPSA) is 71.8 Å². The molecule has 1 aliphatic rings. The highest BCUT2D eigenvalue weighted by Crippen LogP contribution is 2.39. The molecule has 2 heterocycles. The Hall–Kier alpha value is -3.71. The summed E-state index contributed by atoms with van der Waals surface area (Å²) in [4.78, 5) is 26.0. The molecule has 1 atom stereocenters. The number of hydrogen-bond donors (Lipinski definition) is 1. The van der Waals surface area contributed by atoms with E-state index < -0.39 is 11.7 Å². The van der Waals surface area contributed by atoms with E-state index in [1.807, 2.05) is 24.3 Å². The zero-order valence-corrected chi connectivity index (χ0v) is 18.3. The molecule has 1 N–H and O–H groups in total. The number of benzene rings is 2. The first-order valence-electron chi connectivity index (χ1n) is 10.7. The SMILES string of the molecule is C=C(c1ccc(-c2ccc(=O)n(C)c2)cc1)N1CC[C@](CCO)(c2ccc(F)cc2)OC1=O. The summed E-state index contributed by atoms with van der Waals surface area (Å²) in [7, 11) is 1.70. The number of carbonyl (C=O) groups excluding carboxylic acids is 1. The first-order chi connectivity index (χ1) is 15.8. The predicted octanol–water partition coefficient (Wildman–Crippen LogP) is 4.28. The Bertz CT molecular complexity index is 1230. The van der Waals surface area contributed by atoms with Crippen LogP contribution >= 0.6 is 0 Å². The highest BCUT2D eigenvalue weighted by molar-refractivity contribution is 5.82. The van der Waals surface area contributed by atoms with Crippen molar-refractivity contribution in [2.75, 3.05) is 13.2 Å². The Morgan fingerprint density at radius 2 is 1.73 bits per heavy atom. The number of carbonyl (C=O) groups is 1. The third-order valence-corrected chi connectivity index (χ3v) is 6.09. The predicted molar refractivity (Wildman–Crippen MR) is 124 cm³/mol. The Morgan fingerprint density at radius 3 is 2.33 bits per heavy atom. The Labute approximate surface area is 191 Å². The van der Waals surface area contributed by atoms with E-state index in [0.29, 0.717) is 24.2 Å². The minimum Gasteiger partial charge on any atom is -0.437 e. The average molecular weight is 448 g/mol. The maximum absolute atomic E-state index is 13.4. The van der Waals surface area contributed by atoms with Crippen LogP contribution in [0.5, 0.6) is 0 Å². The fourth-order valence-electron chi connectivity index (χ4n) is 4.14. The third-order valence-electron chi connectivity index (χ3n) is 6.09. The molecule has 0 aliphatic carbocycles. The summed E-state index contributed by atoms with van der Waals surface area (Å²) in [6, 6.07) is 16.6. The van der Waals surface area contributed by atoms with Crippen LogP contribution in [-0.2, 0) is 17.4 Å². The van der Waals surface area contributed by atoms with Crippen molar-refractivity contribution in [1.29, 1.82) is 0 Å². The van der Waals surface area contributed by atoms with Crippen LogP contribution in [0.15, 0.2) is 78.2 Å². The molecular weight excluding hydrogens is 423 g/mol. The van der Waals surface area contributed by atoms with Gasteiger partial charge in [0.1, 0.15) is 11.4 Å². The van der Waals surface area contributed by atoms with Crippen LogP contribution in [0.1, 0.15) is 24.0 Å². The maximum atomic E-state index is 13.4. The highest BCUT2D eigenvalue weighted by Gasteiger charge is 2.42. The first kappa shape index (κ1) is 22.5. The van der Waals surface area contributed by atoms with Crippen molar-refractivity contribution in [3.63, 3.8) is 0 Å². The van der Waals surface area contributed by atoms with Crippen LogP contribution in [0.4, 0.5) is 9.18 Å². The minimum absolute atomic E-state index is 0.0785. The van der Waals surface area contributed by atoms with Gasteiger partial charge in [0.15, 0.2) is 0 Å². The van der Waals surface area contributed by atoms with Crippen molar-refractivity contribution < 1.29 is 19.0 Å². The van der Waals surface area contributed by atoms with Crippen molar-refractivity contribution in [3.05, 3.63) is 101 Å². The number of aliphatic hydroxyl groups is 1. The van der Waals surface area contributed by atoms with E-state index in [1.54, 1.807) is 31.4 Å². The fourth-order valence-corrected chi connectivity index (χ4v) is 4.14. The van der Waals surface area contributed by atoms with Crippen molar-refractivity contribution in [2.24, 2.45) is 7.05 Å². The molecule has 1 fully saturated rings. The van der Waals surface area contributed by atoms with Gasteiger partial charge in [0, 0.05) is 51.0 Å². The minimum atomic E-state index is -1.01. The van der Waals surface area contributed by atoms with Crippen LogP contribution in [0.25, 0.3) is 16.8 Å². The number of cyclic esters (lactones) is 1. The molecule has 2 aromatic carbocycles. The van der Waals surface area contributed by atoms with Gasteiger partial charge < -0.3 is 14.4 Å². The molecule has 1 amide bonds. The summed E-state index contributed by atoms with van der Waals surface area (Å²) in [6.45, 7) is 4.26. The third kappa shape index (κ3) is 4.45. The van der Waals surface area contributed by atoms with Crippen LogP contribution in [0, 0.1) is 5.82 Å². The number of halogens is 1. The van der Waals surface area contributed by atoms with E-state index in [2.05, 4.69) is 6.58 Å². The zero-order valence-electron chi connectivity index (χ0n) is 18.3. The van der Waals surface area contributed by atoms with E-state index in [9.17, 15) is 19.1 Å². The summed E-state index contributed by atoms with van der Waals surface area (Å²) >= 11 is 0. The molecular formula is C26H25FN2O4. The summed E-state index contributed by atoms with van der Waals surface area (Å²) in [5.41, 5.74) is 2.66. The van der Waals surface area contributed by atoms with Gasteiger partial charge in [0.25, 0.3) is 0 Å². The van der Waals surface area contributed by atoms with Gasteiger partial charge in [0.05, 0.1) is 0 Å². The van der Waals surface area contributed by atoms with Crippen molar-refractivity contribution in [3.8, 4) is 11.1 Å². The second-order valence-electron chi connectivity index (χ2n) is 8.14. The number of aliphatic hydroxyl groups excluding tert-OH is 1. The number of aromatic nitrogens is 1. The second kappa shape index (κ2) is 9.03. The van der Waals surface area contributed by atoms with Crippen LogP contribution in [0.3, 0.4) is 0 Å². The van der Waals surface area contributed by atoms with Crippen molar-refractivity contribution in [1.82, 2.24) is 9.47 Å². The van der Waals surface area contributed by atoms with Crippen molar-refractivity contribution in [2.45, 2.75) is 18.4 Å². The molecule has 4 rings (SSSR count). The molecule has 1 saturated heterocycles. The van der Waals surface area contributed by atoms with Gasteiger partial charge in [-0.1, -0.05) is 43.0 Å². The maximum Gasteiger partial charge on any atom is 0.415 e. The highest BCUT2D eigenvalue weighted by atomic mass is 19.1. The molecule has 0 spiro atoms. The molecule has 7 heteroatoms. The molecule has 6 nitrogen and oxygen atoms in total. The van der Waals surface area contributed by atoms with E-state index in [1.165, 1.54) is 27.7 Å². The Balaban J connectivity index is 1.52. The lowest BCUT2D eigenvalue weighted by atomic mass is 9.86. The lowest BCUT2D eigenvalue weighted by Gasteiger charge is -2.41. The standard InChI is InChI=1S/C26H25FN2O4/c1-18(19-3-5-20(6-4-19)21-7-12-24(31)28(2)17-21)29-15-13-26(14-16-30,33-25(29)32)22-8-10-23(27)11-9-22/h3-12,17,30H,1,13-16H2,2H3/t26-/m0/s1. The van der Waals surface area contributed by atoms with Gasteiger partial charge in [-0.25, -0.2) is 9.18 Å². The zero-order chi connectivity index (χ0) is 23.6. The van der Waals surface area contributed by atoms with Crippen LogP contribution in [0.2, 0.25) is 0 Å². The first-order valence-corrected chi connectivity index (χ1v) is 10.7. The van der Waals surface area contributed by atoms with E-state index in [0.717, 1.165) is 16.7 Å². The smallest absolute Gasteiger partial charge is 0.415 e. The molecule has 3 aromatic rings. The van der Waals surface area contributed by atoms with Gasteiger partial charge in [-0.05, 0) is 40.5 Å². The van der Waals surface area contributed by atoms with Gasteiger partial charge >= 0.3 is 6.09 Å². The monoisotopic (exact) mass is 448 g/mol. The molecule has 1 aliphatic heterocycles. The van der Waals surface area contributed by atoms with Gasteiger partial charge in [-0.2, -0.15) is 0 Å². The summed E-state index contributed by atoms with van der Waals surface area (Å²) in [5.74, 6) is -0.379. The Kier molecular flexibility index (Phi) is 6.16. The quantitative estimate of drug-likeness (QED) is 0.611. The number of nitrogens with zero attached hydrogens (tertiary/aromatic N) is 2. The second-order valence-corrected chi connectivity index (χ2v) is 8.14. The molecule has 1 aromatic heterocycles. The molecule has 170 valence electrons. The lowest BCUT2D eigenvalue weighted by Crippen LogP contribution is -2.47. The number of amides is 1. The van der Waals surface area contributed by atoms with E-state index in [-0.39, 0.29) is 24.4 Å². The van der Waals surface area contributed by atoms with Gasteiger partial charge in [-0.15, -0.1) is 0 Å². The van der Waals surface area contributed by atoms with Gasteiger partial charge in [0.2, 0.25) is 5.56 Å². The molecule has 0 saturated carbocycles. The summed E-state index contributed by atoms with van der Waals surface area (Å²) in [5, 5.41) is 9.58. The van der Waals surface area contributed by atoms with E-state index in [4.69, 9.17) is 4.74 Å². The molecule has 33 heavy (non-hydrogen) atoms. The number of aryl methyl sites for hydroxylation is 1. The average Bonchev–Trinajstić information content (AvgIpc) is 2.81. The number of hydrogen-bond acceptors (Lipinski definition) is 4. The largest absolute Gasteiger partial charge is 0.437 e. The summed E-state index contributed by atoms with van der Waals surface area (Å²) in [6.07, 6.45) is 1.86. The van der Waals surface area contributed by atoms with Gasteiger partial charge in [-0.3, -0.25) is 9.69 Å². The number of rotatable bonds is 6. The lowest BCUT2D eigenvalue weighted by molar-refractivity contribution is -0.0543. The summed E-state index contributed by atoms with van der Waals surface area (Å²) < 4.78 is 20.7. The normalized spacial score (nSPS) is 18.2. The molecule has 0 unspecified atom stereocenters. The van der Waals surface area contributed by atoms with Crippen molar-refractivity contribution >= 4 is 11.8 Å². The Morgan fingerprint density at radius 1 is 1.06 bits per heavy atom.